The molecule has 0 aliphatic carbocycles. The largest absolute Gasteiger partial charge is 0.496 e. The van der Waals surface area contributed by atoms with Crippen LogP contribution in [0.1, 0.15) is 27.0 Å². The number of methoxy groups -OCH3 is 1. The molecule has 2 nitrogen and oxygen atoms in total. The van der Waals surface area contributed by atoms with Crippen molar-refractivity contribution in [2.45, 2.75) is 13.8 Å². The Balaban J connectivity index is 2.57. The standard InChI is InChI=1S/C16H14Cl2O2/c1-9-7-14(18)10(2)6-12(9)16(19)13-8-11(17)4-5-15(13)20-3/h4-8H,1-3H3. The van der Waals surface area contributed by atoms with Gasteiger partial charge in [0.05, 0.1) is 12.7 Å². The van der Waals surface area contributed by atoms with Gasteiger partial charge in [-0.2, -0.15) is 0 Å². The van der Waals surface area contributed by atoms with Crippen molar-refractivity contribution in [3.05, 3.63) is 62.6 Å². The van der Waals surface area contributed by atoms with Crippen molar-refractivity contribution < 1.29 is 9.53 Å². The molecule has 2 aromatic carbocycles. The van der Waals surface area contributed by atoms with Gasteiger partial charge in [-0.25, -0.2) is 0 Å². The Bertz CT molecular complexity index is 678. The molecule has 0 saturated heterocycles. The SMILES string of the molecule is COc1ccc(Cl)cc1C(=O)c1cc(C)c(Cl)cc1C. The molecule has 20 heavy (non-hydrogen) atoms. The van der Waals surface area contributed by atoms with Gasteiger partial charge in [-0.1, -0.05) is 23.2 Å². The van der Waals surface area contributed by atoms with Crippen LogP contribution in [0.4, 0.5) is 0 Å². The van der Waals surface area contributed by atoms with Gasteiger partial charge < -0.3 is 4.74 Å². The van der Waals surface area contributed by atoms with Crippen LogP contribution in [0.15, 0.2) is 30.3 Å². The predicted molar refractivity (Wildman–Crippen MR) is 82.4 cm³/mol. The summed E-state index contributed by atoms with van der Waals surface area (Å²) in [6.07, 6.45) is 0. The Morgan fingerprint density at radius 2 is 1.70 bits per heavy atom. The summed E-state index contributed by atoms with van der Waals surface area (Å²) >= 11 is 12.0. The molecule has 4 heteroatoms. The number of benzene rings is 2. The molecule has 0 amide bonds. The average Bonchev–Trinajstić information content (AvgIpc) is 2.42. The number of hydrogen-bond acceptors (Lipinski definition) is 2. The molecule has 104 valence electrons. The molecule has 0 unspecified atom stereocenters. The molecule has 0 saturated carbocycles. The van der Waals surface area contributed by atoms with Crippen LogP contribution >= 0.6 is 23.2 Å². The maximum atomic E-state index is 12.7. The summed E-state index contributed by atoms with van der Waals surface area (Å²) in [5, 5.41) is 1.15. The van der Waals surface area contributed by atoms with Gasteiger partial charge >= 0.3 is 0 Å². The van der Waals surface area contributed by atoms with E-state index in [9.17, 15) is 4.79 Å². The molecular weight excluding hydrogens is 295 g/mol. The maximum Gasteiger partial charge on any atom is 0.197 e. The fraction of sp³-hybridized carbons (Fsp3) is 0.188. The number of aryl methyl sites for hydroxylation is 2. The van der Waals surface area contributed by atoms with Crippen molar-refractivity contribution in [3.63, 3.8) is 0 Å². The zero-order chi connectivity index (χ0) is 14.9. The normalized spacial score (nSPS) is 10.4. The smallest absolute Gasteiger partial charge is 0.197 e. The second-order valence-corrected chi connectivity index (χ2v) is 5.43. The van der Waals surface area contributed by atoms with Crippen LogP contribution in [0.5, 0.6) is 5.75 Å². The van der Waals surface area contributed by atoms with Gasteiger partial charge in [-0.3, -0.25) is 4.79 Å². The summed E-state index contributed by atoms with van der Waals surface area (Å²) < 4.78 is 5.23. The van der Waals surface area contributed by atoms with E-state index in [1.54, 1.807) is 30.3 Å². The monoisotopic (exact) mass is 308 g/mol. The molecule has 0 bridgehead atoms. The van der Waals surface area contributed by atoms with Crippen LogP contribution in [0.25, 0.3) is 0 Å². The van der Waals surface area contributed by atoms with Gasteiger partial charge in [0.25, 0.3) is 0 Å². The Labute approximate surface area is 128 Å². The Morgan fingerprint density at radius 1 is 1.00 bits per heavy atom. The second-order valence-electron chi connectivity index (χ2n) is 4.59. The topological polar surface area (TPSA) is 26.3 Å². The van der Waals surface area contributed by atoms with Crippen molar-refractivity contribution in [1.29, 1.82) is 0 Å². The third-order valence-electron chi connectivity index (χ3n) is 3.16. The minimum absolute atomic E-state index is 0.124. The van der Waals surface area contributed by atoms with Crippen molar-refractivity contribution in [1.82, 2.24) is 0 Å². The van der Waals surface area contributed by atoms with E-state index in [1.165, 1.54) is 7.11 Å². The second kappa shape index (κ2) is 5.86. The predicted octanol–water partition coefficient (Wildman–Crippen LogP) is 4.85. The lowest BCUT2D eigenvalue weighted by Gasteiger charge is -2.11. The van der Waals surface area contributed by atoms with Gasteiger partial charge in [-0.15, -0.1) is 0 Å². The van der Waals surface area contributed by atoms with Gasteiger partial charge in [-0.05, 0) is 55.3 Å². The first-order valence-corrected chi connectivity index (χ1v) is 6.84. The molecule has 0 aliphatic rings. The van der Waals surface area contributed by atoms with Crippen LogP contribution in [0, 0.1) is 13.8 Å². The van der Waals surface area contributed by atoms with Gasteiger partial charge in [0.1, 0.15) is 5.75 Å². The lowest BCUT2D eigenvalue weighted by Crippen LogP contribution is -2.06. The van der Waals surface area contributed by atoms with Gasteiger partial charge in [0.2, 0.25) is 0 Å². The molecule has 2 rings (SSSR count). The zero-order valence-electron chi connectivity index (χ0n) is 11.5. The quantitative estimate of drug-likeness (QED) is 0.758. The highest BCUT2D eigenvalue weighted by atomic mass is 35.5. The van der Waals surface area contributed by atoms with E-state index in [0.29, 0.717) is 26.9 Å². The third-order valence-corrected chi connectivity index (χ3v) is 3.80. The number of halogens is 2. The first-order chi connectivity index (χ1) is 9.43. The number of rotatable bonds is 3. The van der Waals surface area contributed by atoms with Crippen molar-refractivity contribution in [3.8, 4) is 5.75 Å². The summed E-state index contributed by atoms with van der Waals surface area (Å²) in [5.74, 6) is 0.382. The highest BCUT2D eigenvalue weighted by molar-refractivity contribution is 6.32. The maximum absolute atomic E-state index is 12.7. The van der Waals surface area contributed by atoms with Crippen LogP contribution < -0.4 is 4.74 Å². The van der Waals surface area contributed by atoms with Crippen molar-refractivity contribution in [2.24, 2.45) is 0 Å². The first kappa shape index (κ1) is 14.9. The lowest BCUT2D eigenvalue weighted by atomic mass is 9.96. The van der Waals surface area contributed by atoms with Crippen LogP contribution in [0.3, 0.4) is 0 Å². The summed E-state index contributed by atoms with van der Waals surface area (Å²) in [7, 11) is 1.53. The fourth-order valence-electron chi connectivity index (χ4n) is 2.03. The summed E-state index contributed by atoms with van der Waals surface area (Å²) in [6, 6.07) is 8.58. The molecule has 0 spiro atoms. The molecule has 0 atom stereocenters. The molecule has 0 aromatic heterocycles. The van der Waals surface area contributed by atoms with E-state index >= 15 is 0 Å². The lowest BCUT2D eigenvalue weighted by molar-refractivity contribution is 0.103. The van der Waals surface area contributed by atoms with Crippen LogP contribution in [-0.2, 0) is 0 Å². The van der Waals surface area contributed by atoms with Crippen LogP contribution in [-0.4, -0.2) is 12.9 Å². The number of carbonyl (C=O) groups is 1. The van der Waals surface area contributed by atoms with Crippen molar-refractivity contribution >= 4 is 29.0 Å². The molecule has 0 radical (unpaired) electrons. The van der Waals surface area contributed by atoms with E-state index in [2.05, 4.69) is 0 Å². The minimum Gasteiger partial charge on any atom is -0.496 e. The first-order valence-electron chi connectivity index (χ1n) is 6.09. The van der Waals surface area contributed by atoms with E-state index < -0.39 is 0 Å². The molecule has 0 N–H and O–H groups in total. The summed E-state index contributed by atoms with van der Waals surface area (Å²) in [6.45, 7) is 3.73. The third kappa shape index (κ3) is 2.82. The van der Waals surface area contributed by atoms with Crippen molar-refractivity contribution in [2.75, 3.05) is 7.11 Å². The Kier molecular flexibility index (Phi) is 4.36. The number of carbonyl (C=O) groups excluding carboxylic acids is 1. The Hall–Kier alpha value is -1.51. The zero-order valence-corrected chi connectivity index (χ0v) is 13.0. The van der Waals surface area contributed by atoms with E-state index in [-0.39, 0.29) is 5.78 Å². The van der Waals surface area contributed by atoms with E-state index in [4.69, 9.17) is 27.9 Å². The highest BCUT2D eigenvalue weighted by Gasteiger charge is 2.18. The number of hydrogen-bond donors (Lipinski definition) is 0. The van der Waals surface area contributed by atoms with Gasteiger partial charge in [0.15, 0.2) is 5.78 Å². The van der Waals surface area contributed by atoms with Gasteiger partial charge in [0, 0.05) is 15.6 Å². The summed E-state index contributed by atoms with van der Waals surface area (Å²) in [5.41, 5.74) is 2.74. The summed E-state index contributed by atoms with van der Waals surface area (Å²) in [4.78, 5) is 12.7. The number of ketones is 1. The molecule has 0 heterocycles. The van der Waals surface area contributed by atoms with Crippen LogP contribution in [0.2, 0.25) is 10.0 Å². The molecule has 0 aliphatic heterocycles. The molecular formula is C16H14Cl2O2. The average molecular weight is 309 g/mol. The fourth-order valence-corrected chi connectivity index (χ4v) is 2.42. The number of ether oxygens (including phenoxy) is 1. The minimum atomic E-state index is -0.124. The van der Waals surface area contributed by atoms with E-state index in [0.717, 1.165) is 11.1 Å². The van der Waals surface area contributed by atoms with E-state index in [1.807, 2.05) is 13.8 Å². The molecule has 0 fully saturated rings. The molecule has 2 aromatic rings. The Morgan fingerprint density at radius 3 is 2.35 bits per heavy atom. The highest BCUT2D eigenvalue weighted by Crippen LogP contribution is 2.28.